The van der Waals surface area contributed by atoms with Gasteiger partial charge in [-0.2, -0.15) is 0 Å². The SMILES string of the molecule is CC1CCCC1CNCc1cc(C(=O)O)no1. The molecular formula is C12H18N2O3. The first-order valence-corrected chi connectivity index (χ1v) is 6.06. The van der Waals surface area contributed by atoms with Crippen LogP contribution < -0.4 is 5.32 Å². The first kappa shape index (κ1) is 12.1. The second-order valence-corrected chi connectivity index (χ2v) is 4.78. The molecule has 1 heterocycles. The fourth-order valence-corrected chi connectivity index (χ4v) is 2.40. The Balaban J connectivity index is 1.76. The monoisotopic (exact) mass is 238 g/mol. The standard InChI is InChI=1S/C12H18N2O3/c1-8-3-2-4-9(8)6-13-7-10-5-11(12(15)16)14-17-10/h5,8-9,13H,2-4,6-7H2,1H3,(H,15,16). The number of aromatic carboxylic acids is 1. The highest BCUT2D eigenvalue weighted by Crippen LogP contribution is 2.30. The number of nitrogens with zero attached hydrogens (tertiary/aromatic N) is 1. The molecule has 0 amide bonds. The number of carboxylic acids is 1. The molecule has 5 nitrogen and oxygen atoms in total. The Kier molecular flexibility index (Phi) is 3.78. The van der Waals surface area contributed by atoms with Gasteiger partial charge in [0.25, 0.3) is 0 Å². The Morgan fingerprint density at radius 1 is 1.65 bits per heavy atom. The zero-order valence-corrected chi connectivity index (χ0v) is 9.98. The van der Waals surface area contributed by atoms with E-state index in [2.05, 4.69) is 17.4 Å². The summed E-state index contributed by atoms with van der Waals surface area (Å²) in [5.41, 5.74) is -0.0314. The predicted molar refractivity (Wildman–Crippen MR) is 61.7 cm³/mol. The smallest absolute Gasteiger partial charge is 0.358 e. The van der Waals surface area contributed by atoms with Gasteiger partial charge in [-0.25, -0.2) is 4.79 Å². The van der Waals surface area contributed by atoms with E-state index in [9.17, 15) is 4.79 Å². The zero-order chi connectivity index (χ0) is 12.3. The van der Waals surface area contributed by atoms with Crippen LogP contribution in [0.25, 0.3) is 0 Å². The van der Waals surface area contributed by atoms with Gasteiger partial charge in [0.05, 0.1) is 6.54 Å². The van der Waals surface area contributed by atoms with Crippen LogP contribution in [0.4, 0.5) is 0 Å². The molecule has 0 saturated heterocycles. The summed E-state index contributed by atoms with van der Waals surface area (Å²) < 4.78 is 4.92. The summed E-state index contributed by atoms with van der Waals surface area (Å²) in [5, 5.41) is 15.5. The number of nitrogens with one attached hydrogen (secondary N) is 1. The molecule has 0 radical (unpaired) electrons. The maximum atomic E-state index is 10.6. The van der Waals surface area contributed by atoms with Gasteiger partial charge >= 0.3 is 5.97 Å². The topological polar surface area (TPSA) is 75.4 Å². The van der Waals surface area contributed by atoms with Gasteiger partial charge in [-0.15, -0.1) is 0 Å². The molecule has 1 aromatic rings. The number of rotatable bonds is 5. The molecule has 0 bridgehead atoms. The largest absolute Gasteiger partial charge is 0.476 e. The van der Waals surface area contributed by atoms with Gasteiger partial charge in [0, 0.05) is 6.07 Å². The maximum Gasteiger partial charge on any atom is 0.358 e. The van der Waals surface area contributed by atoms with E-state index in [1.54, 1.807) is 0 Å². The quantitative estimate of drug-likeness (QED) is 0.819. The van der Waals surface area contributed by atoms with Crippen LogP contribution in [0.2, 0.25) is 0 Å². The number of hydrogen-bond acceptors (Lipinski definition) is 4. The minimum absolute atomic E-state index is 0.0314. The van der Waals surface area contributed by atoms with E-state index >= 15 is 0 Å². The first-order chi connectivity index (χ1) is 8.16. The summed E-state index contributed by atoms with van der Waals surface area (Å²) >= 11 is 0. The Hall–Kier alpha value is -1.36. The lowest BCUT2D eigenvalue weighted by Gasteiger charge is -2.14. The highest BCUT2D eigenvalue weighted by Gasteiger charge is 2.22. The average Bonchev–Trinajstić information content (AvgIpc) is 2.89. The van der Waals surface area contributed by atoms with Crippen molar-refractivity contribution in [3.63, 3.8) is 0 Å². The predicted octanol–water partition coefficient (Wildman–Crippen LogP) is 1.90. The van der Waals surface area contributed by atoms with Crippen molar-refractivity contribution in [3.05, 3.63) is 17.5 Å². The van der Waals surface area contributed by atoms with Crippen LogP contribution in [0.3, 0.4) is 0 Å². The van der Waals surface area contributed by atoms with Gasteiger partial charge in [0.15, 0.2) is 11.5 Å². The van der Waals surface area contributed by atoms with Crippen LogP contribution in [0, 0.1) is 11.8 Å². The van der Waals surface area contributed by atoms with Crippen molar-refractivity contribution < 1.29 is 14.4 Å². The molecule has 1 aliphatic rings. The molecule has 2 N–H and O–H groups in total. The van der Waals surface area contributed by atoms with Gasteiger partial charge in [-0.05, 0) is 24.8 Å². The summed E-state index contributed by atoms with van der Waals surface area (Å²) in [6, 6.07) is 1.47. The summed E-state index contributed by atoms with van der Waals surface area (Å²) in [6.45, 7) is 3.80. The Morgan fingerprint density at radius 2 is 2.47 bits per heavy atom. The van der Waals surface area contributed by atoms with Crippen molar-refractivity contribution in [2.45, 2.75) is 32.7 Å². The summed E-state index contributed by atoms with van der Waals surface area (Å²) in [4.78, 5) is 10.6. The second kappa shape index (κ2) is 5.31. The summed E-state index contributed by atoms with van der Waals surface area (Å²) in [6.07, 6.45) is 3.92. The second-order valence-electron chi connectivity index (χ2n) is 4.78. The Bertz CT molecular complexity index is 389. The molecule has 94 valence electrons. The Labute approximate surface area is 100 Å². The lowest BCUT2D eigenvalue weighted by molar-refractivity contribution is 0.0685. The number of carbonyl (C=O) groups is 1. The fraction of sp³-hybridized carbons (Fsp3) is 0.667. The molecule has 0 aromatic carbocycles. The minimum Gasteiger partial charge on any atom is -0.476 e. The molecule has 2 rings (SSSR count). The van der Waals surface area contributed by atoms with Crippen molar-refractivity contribution in [3.8, 4) is 0 Å². The lowest BCUT2D eigenvalue weighted by atomic mass is 9.98. The van der Waals surface area contributed by atoms with E-state index in [0.29, 0.717) is 12.3 Å². The number of aromatic nitrogens is 1. The van der Waals surface area contributed by atoms with E-state index in [4.69, 9.17) is 9.63 Å². The van der Waals surface area contributed by atoms with E-state index < -0.39 is 5.97 Å². The third kappa shape index (κ3) is 3.06. The van der Waals surface area contributed by atoms with Crippen molar-refractivity contribution >= 4 is 5.97 Å². The molecule has 2 unspecified atom stereocenters. The van der Waals surface area contributed by atoms with Gasteiger partial charge in [-0.3, -0.25) is 0 Å². The molecule has 1 saturated carbocycles. The third-order valence-corrected chi connectivity index (χ3v) is 3.52. The van der Waals surface area contributed by atoms with Gasteiger partial charge in [0.2, 0.25) is 0 Å². The van der Waals surface area contributed by atoms with Crippen molar-refractivity contribution in [2.24, 2.45) is 11.8 Å². The van der Waals surface area contributed by atoms with E-state index in [-0.39, 0.29) is 5.69 Å². The van der Waals surface area contributed by atoms with Crippen LogP contribution in [-0.4, -0.2) is 22.8 Å². The van der Waals surface area contributed by atoms with Crippen LogP contribution in [-0.2, 0) is 6.54 Å². The molecule has 5 heteroatoms. The molecule has 17 heavy (non-hydrogen) atoms. The van der Waals surface area contributed by atoms with E-state index in [1.165, 1.54) is 25.3 Å². The average molecular weight is 238 g/mol. The van der Waals surface area contributed by atoms with Crippen LogP contribution in [0.15, 0.2) is 10.6 Å². The molecule has 2 atom stereocenters. The maximum absolute atomic E-state index is 10.6. The van der Waals surface area contributed by atoms with Crippen molar-refractivity contribution in [2.75, 3.05) is 6.54 Å². The van der Waals surface area contributed by atoms with Gasteiger partial charge in [0.1, 0.15) is 0 Å². The molecule has 1 aliphatic carbocycles. The zero-order valence-electron chi connectivity index (χ0n) is 9.98. The summed E-state index contributed by atoms with van der Waals surface area (Å²) in [7, 11) is 0. The van der Waals surface area contributed by atoms with Crippen LogP contribution in [0.5, 0.6) is 0 Å². The van der Waals surface area contributed by atoms with Crippen molar-refractivity contribution in [1.82, 2.24) is 10.5 Å². The molecule has 1 aromatic heterocycles. The molecule has 0 spiro atoms. The fourth-order valence-electron chi connectivity index (χ4n) is 2.40. The molecule has 1 fully saturated rings. The first-order valence-electron chi connectivity index (χ1n) is 6.06. The van der Waals surface area contributed by atoms with Crippen LogP contribution >= 0.6 is 0 Å². The highest BCUT2D eigenvalue weighted by molar-refractivity contribution is 5.85. The molecule has 0 aliphatic heterocycles. The minimum atomic E-state index is -1.05. The van der Waals surface area contributed by atoms with Crippen molar-refractivity contribution in [1.29, 1.82) is 0 Å². The van der Waals surface area contributed by atoms with E-state index in [1.807, 2.05) is 0 Å². The number of carboxylic acid groups (broad SMARTS) is 1. The lowest BCUT2D eigenvalue weighted by Crippen LogP contribution is -2.23. The third-order valence-electron chi connectivity index (χ3n) is 3.52. The van der Waals surface area contributed by atoms with Gasteiger partial charge < -0.3 is 14.9 Å². The molecular weight excluding hydrogens is 220 g/mol. The number of hydrogen-bond donors (Lipinski definition) is 2. The van der Waals surface area contributed by atoms with Crippen LogP contribution in [0.1, 0.15) is 42.4 Å². The normalized spacial score (nSPS) is 24.1. The van der Waals surface area contributed by atoms with E-state index in [0.717, 1.165) is 18.4 Å². The van der Waals surface area contributed by atoms with Gasteiger partial charge in [-0.1, -0.05) is 24.9 Å². The highest BCUT2D eigenvalue weighted by atomic mass is 16.5. The Morgan fingerprint density at radius 3 is 3.06 bits per heavy atom. The summed E-state index contributed by atoms with van der Waals surface area (Å²) in [5.74, 6) is 1.04.